The molecule has 0 radical (unpaired) electrons. The molecule has 1 heterocycles. The molecule has 0 N–H and O–H groups in total. The molecule has 0 aliphatic heterocycles. The van der Waals surface area contributed by atoms with Crippen LogP contribution in [-0.4, -0.2) is 17.1 Å². The molecule has 3 heteroatoms. The van der Waals surface area contributed by atoms with Crippen molar-refractivity contribution in [1.29, 1.82) is 0 Å². The Hall–Kier alpha value is -3.59. The first-order chi connectivity index (χ1) is 15.7. The Labute approximate surface area is 189 Å². The zero-order valence-corrected chi connectivity index (χ0v) is 18.5. The predicted molar refractivity (Wildman–Crippen MR) is 130 cm³/mol. The van der Waals surface area contributed by atoms with Gasteiger partial charge < -0.3 is 9.30 Å². The first kappa shape index (κ1) is 20.3. The monoisotopic (exact) mass is 421 g/mol. The molecule has 0 saturated carbocycles. The van der Waals surface area contributed by atoms with E-state index < -0.39 is 0 Å². The highest BCUT2D eigenvalue weighted by Gasteiger charge is 2.25. The molecule has 0 bridgehead atoms. The molecule has 32 heavy (non-hydrogen) atoms. The first-order valence-corrected chi connectivity index (χ1v) is 11.3. The lowest BCUT2D eigenvalue weighted by molar-refractivity contribution is -0.137. The third kappa shape index (κ3) is 3.64. The second kappa shape index (κ2) is 8.51. The topological polar surface area (TPSA) is 31.2 Å². The average molecular weight is 422 g/mol. The van der Waals surface area contributed by atoms with E-state index >= 15 is 0 Å². The highest BCUT2D eigenvalue weighted by atomic mass is 16.5. The van der Waals surface area contributed by atoms with Crippen molar-refractivity contribution >= 4 is 22.4 Å². The van der Waals surface area contributed by atoms with Gasteiger partial charge in [-0.05, 0) is 78.3 Å². The number of esters is 1. The Morgan fingerprint density at radius 1 is 0.969 bits per heavy atom. The molecule has 4 aromatic rings. The molecular formula is C29H27NO2. The van der Waals surface area contributed by atoms with Crippen molar-refractivity contribution < 1.29 is 9.53 Å². The number of carbonyl (C=O) groups excluding carboxylic acids is 1. The number of aromatic nitrogens is 1. The fourth-order valence-corrected chi connectivity index (χ4v) is 4.87. The van der Waals surface area contributed by atoms with Gasteiger partial charge in [0.25, 0.3) is 0 Å². The van der Waals surface area contributed by atoms with Crippen LogP contribution in [0.15, 0.2) is 85.1 Å². The number of hydrogen-bond acceptors (Lipinski definition) is 2. The van der Waals surface area contributed by atoms with Crippen LogP contribution in [0.2, 0.25) is 0 Å². The van der Waals surface area contributed by atoms with Crippen LogP contribution in [-0.2, 0) is 22.4 Å². The van der Waals surface area contributed by atoms with E-state index in [1.54, 1.807) is 6.08 Å². The number of nitrogens with zero attached hydrogens (tertiary/aromatic N) is 1. The van der Waals surface area contributed by atoms with Crippen molar-refractivity contribution in [3.05, 3.63) is 113 Å². The number of allylic oxidation sites excluding steroid dienone is 1. The summed E-state index contributed by atoms with van der Waals surface area (Å²) in [5.41, 5.74) is 8.71. The number of hydrogen-bond donors (Lipinski definition) is 0. The molecular weight excluding hydrogens is 394 g/mol. The van der Waals surface area contributed by atoms with Crippen LogP contribution in [0.1, 0.15) is 47.7 Å². The second-order valence-corrected chi connectivity index (χ2v) is 8.38. The summed E-state index contributed by atoms with van der Waals surface area (Å²) in [6, 6.07) is 26.4. The van der Waals surface area contributed by atoms with Crippen LogP contribution >= 0.6 is 0 Å². The molecule has 3 nitrogen and oxygen atoms in total. The minimum absolute atomic E-state index is 0.143. The number of ether oxygens (including phenoxy) is 1. The Balaban J connectivity index is 1.62. The van der Waals surface area contributed by atoms with E-state index in [2.05, 4.69) is 83.6 Å². The molecule has 1 aromatic heterocycles. The molecule has 0 spiro atoms. The van der Waals surface area contributed by atoms with Gasteiger partial charge in [0.1, 0.15) is 0 Å². The van der Waals surface area contributed by atoms with Gasteiger partial charge in [-0.2, -0.15) is 0 Å². The van der Waals surface area contributed by atoms with Gasteiger partial charge in [-0.1, -0.05) is 54.6 Å². The summed E-state index contributed by atoms with van der Waals surface area (Å²) in [5, 5.41) is 1.17. The average Bonchev–Trinajstić information content (AvgIpc) is 3.14. The molecule has 0 unspecified atom stereocenters. The van der Waals surface area contributed by atoms with Gasteiger partial charge >= 0.3 is 5.97 Å². The van der Waals surface area contributed by atoms with Crippen molar-refractivity contribution in [2.75, 3.05) is 6.61 Å². The van der Waals surface area contributed by atoms with Crippen LogP contribution in [0, 0.1) is 0 Å². The van der Waals surface area contributed by atoms with Crippen LogP contribution in [0.5, 0.6) is 0 Å². The molecule has 0 saturated heterocycles. The molecule has 0 atom stereocenters. The summed E-state index contributed by atoms with van der Waals surface area (Å²) in [7, 11) is 0. The lowest BCUT2D eigenvalue weighted by Crippen LogP contribution is -2.13. The van der Waals surface area contributed by atoms with Gasteiger partial charge in [-0.25, -0.2) is 4.79 Å². The standard InChI is InChI=1S/C29H27NO2/c1-3-32-28(31)18-20(2)23-14-15-27-24(19-23)16-17-30(27)29-25-10-6-4-8-21(25)12-13-22-9-5-7-11-26(22)29/h4-11,14-19,29H,3,12-13H2,1-2H3/b20-18+. The van der Waals surface area contributed by atoms with Gasteiger partial charge in [0.2, 0.25) is 0 Å². The Kier molecular flexibility index (Phi) is 5.40. The molecule has 1 aliphatic rings. The van der Waals surface area contributed by atoms with Crippen molar-refractivity contribution in [1.82, 2.24) is 4.57 Å². The zero-order valence-electron chi connectivity index (χ0n) is 18.5. The van der Waals surface area contributed by atoms with Crippen molar-refractivity contribution in [3.63, 3.8) is 0 Å². The largest absolute Gasteiger partial charge is 0.463 e. The Morgan fingerprint density at radius 3 is 2.28 bits per heavy atom. The minimum Gasteiger partial charge on any atom is -0.463 e. The quantitative estimate of drug-likeness (QED) is 0.284. The smallest absolute Gasteiger partial charge is 0.331 e. The van der Waals surface area contributed by atoms with E-state index in [1.165, 1.54) is 33.2 Å². The van der Waals surface area contributed by atoms with Gasteiger partial charge in [0, 0.05) is 23.2 Å². The third-order valence-electron chi connectivity index (χ3n) is 6.44. The minimum atomic E-state index is -0.297. The van der Waals surface area contributed by atoms with E-state index in [9.17, 15) is 4.79 Å². The van der Waals surface area contributed by atoms with Crippen molar-refractivity contribution in [3.8, 4) is 0 Å². The molecule has 1 aliphatic carbocycles. The lowest BCUT2D eigenvalue weighted by Gasteiger charge is -2.23. The van der Waals surface area contributed by atoms with E-state index in [4.69, 9.17) is 4.74 Å². The van der Waals surface area contributed by atoms with E-state index in [0.29, 0.717) is 6.61 Å². The summed E-state index contributed by atoms with van der Waals surface area (Å²) in [5.74, 6) is -0.297. The predicted octanol–water partition coefficient (Wildman–Crippen LogP) is 6.34. The van der Waals surface area contributed by atoms with Crippen molar-refractivity contribution in [2.45, 2.75) is 32.7 Å². The van der Waals surface area contributed by atoms with Crippen molar-refractivity contribution in [2.24, 2.45) is 0 Å². The fraction of sp³-hybridized carbons (Fsp3) is 0.207. The van der Waals surface area contributed by atoms with Crippen LogP contribution < -0.4 is 0 Å². The highest BCUT2D eigenvalue weighted by molar-refractivity contribution is 5.93. The maximum absolute atomic E-state index is 11.9. The van der Waals surface area contributed by atoms with Gasteiger partial charge in [-0.3, -0.25) is 0 Å². The SMILES string of the molecule is CCOC(=O)/C=C(\C)c1ccc2c(ccn2C2c3ccccc3CCc3ccccc32)c1. The number of aryl methyl sites for hydroxylation is 2. The molecule has 160 valence electrons. The van der Waals surface area contributed by atoms with E-state index in [1.807, 2.05) is 13.8 Å². The molecule has 0 fully saturated rings. The summed E-state index contributed by atoms with van der Waals surface area (Å²) in [6.45, 7) is 4.15. The number of carbonyl (C=O) groups is 1. The highest BCUT2D eigenvalue weighted by Crippen LogP contribution is 2.38. The van der Waals surface area contributed by atoms with Gasteiger partial charge in [0.15, 0.2) is 0 Å². The van der Waals surface area contributed by atoms with Crippen LogP contribution in [0.25, 0.3) is 16.5 Å². The Bertz CT molecular complexity index is 1280. The lowest BCUT2D eigenvalue weighted by atomic mass is 9.94. The fourth-order valence-electron chi connectivity index (χ4n) is 4.87. The maximum Gasteiger partial charge on any atom is 0.331 e. The molecule has 3 aromatic carbocycles. The summed E-state index contributed by atoms with van der Waals surface area (Å²) < 4.78 is 7.46. The maximum atomic E-state index is 11.9. The van der Waals surface area contributed by atoms with Crippen LogP contribution in [0.3, 0.4) is 0 Å². The summed E-state index contributed by atoms with van der Waals surface area (Å²) in [6.07, 6.45) is 5.89. The zero-order chi connectivity index (χ0) is 22.1. The van der Waals surface area contributed by atoms with Crippen LogP contribution in [0.4, 0.5) is 0 Å². The first-order valence-electron chi connectivity index (χ1n) is 11.3. The summed E-state index contributed by atoms with van der Waals surface area (Å²) in [4.78, 5) is 11.9. The van der Waals surface area contributed by atoms with Gasteiger partial charge in [0.05, 0.1) is 12.6 Å². The number of rotatable bonds is 4. The van der Waals surface area contributed by atoms with Gasteiger partial charge in [-0.15, -0.1) is 0 Å². The molecule has 0 amide bonds. The second-order valence-electron chi connectivity index (χ2n) is 8.38. The van der Waals surface area contributed by atoms with E-state index in [0.717, 1.165) is 24.0 Å². The van der Waals surface area contributed by atoms with E-state index in [-0.39, 0.29) is 12.0 Å². The number of benzene rings is 3. The number of fused-ring (bicyclic) bond motifs is 3. The molecule has 5 rings (SSSR count). The Morgan fingerprint density at radius 2 is 1.62 bits per heavy atom. The third-order valence-corrected chi connectivity index (χ3v) is 6.44. The normalized spacial score (nSPS) is 14.0. The summed E-state index contributed by atoms with van der Waals surface area (Å²) >= 11 is 0.